The molecule has 21 heavy (non-hydrogen) atoms. The number of amides is 2. The molecular weight excluding hydrogens is 272 g/mol. The van der Waals surface area contributed by atoms with Crippen LogP contribution >= 0.6 is 0 Å². The summed E-state index contributed by atoms with van der Waals surface area (Å²) in [7, 11) is 1.60. The molecule has 0 atom stereocenters. The van der Waals surface area contributed by atoms with Crippen LogP contribution in [0.2, 0.25) is 0 Å². The Kier molecular flexibility index (Phi) is 4.76. The molecule has 7 heteroatoms. The molecule has 1 aromatic carbocycles. The van der Waals surface area contributed by atoms with Crippen LogP contribution in [0.1, 0.15) is 18.3 Å². The van der Waals surface area contributed by atoms with Crippen molar-refractivity contribution in [3.05, 3.63) is 35.7 Å². The maximum atomic E-state index is 12.2. The molecular formula is C14H18N4O3. The van der Waals surface area contributed by atoms with Crippen LogP contribution in [0.15, 0.2) is 28.9 Å². The van der Waals surface area contributed by atoms with Crippen LogP contribution < -0.4 is 10.1 Å². The summed E-state index contributed by atoms with van der Waals surface area (Å²) in [6.07, 6.45) is 0. The molecule has 1 N–H and O–H groups in total. The highest BCUT2D eigenvalue weighted by Crippen LogP contribution is 2.16. The van der Waals surface area contributed by atoms with Gasteiger partial charge in [-0.3, -0.25) is 0 Å². The van der Waals surface area contributed by atoms with Gasteiger partial charge < -0.3 is 15.0 Å². The summed E-state index contributed by atoms with van der Waals surface area (Å²) in [4.78, 5) is 13.9. The van der Waals surface area contributed by atoms with Gasteiger partial charge in [0.15, 0.2) is 0 Å². The SMILES string of the molecule is CCN(Cc1nonc1C)C(=O)Nc1ccc(OC)cc1. The fraction of sp³-hybridized carbons (Fsp3) is 0.357. The summed E-state index contributed by atoms with van der Waals surface area (Å²) in [6, 6.07) is 6.95. The minimum Gasteiger partial charge on any atom is -0.497 e. The van der Waals surface area contributed by atoms with Crippen molar-refractivity contribution in [2.75, 3.05) is 19.0 Å². The van der Waals surface area contributed by atoms with Gasteiger partial charge in [-0.15, -0.1) is 0 Å². The Hall–Kier alpha value is -2.57. The van der Waals surface area contributed by atoms with Gasteiger partial charge in [-0.25, -0.2) is 9.42 Å². The predicted molar refractivity (Wildman–Crippen MR) is 77.1 cm³/mol. The van der Waals surface area contributed by atoms with Crippen LogP contribution in [0.3, 0.4) is 0 Å². The van der Waals surface area contributed by atoms with Crippen molar-refractivity contribution < 1.29 is 14.2 Å². The van der Waals surface area contributed by atoms with Gasteiger partial charge in [-0.1, -0.05) is 10.3 Å². The lowest BCUT2D eigenvalue weighted by Crippen LogP contribution is -2.34. The zero-order chi connectivity index (χ0) is 15.2. The van der Waals surface area contributed by atoms with E-state index in [2.05, 4.69) is 20.3 Å². The molecule has 2 aromatic rings. The number of aryl methyl sites for hydroxylation is 1. The Balaban J connectivity index is 2.00. The third-order valence-electron chi connectivity index (χ3n) is 3.10. The number of nitrogens with zero attached hydrogens (tertiary/aromatic N) is 3. The smallest absolute Gasteiger partial charge is 0.322 e. The fourth-order valence-corrected chi connectivity index (χ4v) is 1.78. The van der Waals surface area contributed by atoms with Crippen molar-refractivity contribution in [2.24, 2.45) is 0 Å². The maximum absolute atomic E-state index is 12.2. The number of aromatic nitrogens is 2. The van der Waals surface area contributed by atoms with Crippen molar-refractivity contribution in [2.45, 2.75) is 20.4 Å². The fourth-order valence-electron chi connectivity index (χ4n) is 1.78. The number of anilines is 1. The molecule has 0 unspecified atom stereocenters. The van der Waals surface area contributed by atoms with Gasteiger partial charge in [0.1, 0.15) is 17.1 Å². The van der Waals surface area contributed by atoms with E-state index < -0.39 is 0 Å². The van der Waals surface area contributed by atoms with Crippen LogP contribution in [-0.2, 0) is 6.54 Å². The standard InChI is InChI=1S/C14H18N4O3/c1-4-18(9-13-10(2)16-21-17-13)14(19)15-11-5-7-12(20-3)8-6-11/h5-8H,4,9H2,1-3H3,(H,15,19). The number of methoxy groups -OCH3 is 1. The second kappa shape index (κ2) is 6.74. The monoisotopic (exact) mass is 290 g/mol. The van der Waals surface area contributed by atoms with Gasteiger partial charge >= 0.3 is 6.03 Å². The van der Waals surface area contributed by atoms with Crippen molar-refractivity contribution in [1.29, 1.82) is 0 Å². The lowest BCUT2D eigenvalue weighted by molar-refractivity contribution is 0.210. The van der Waals surface area contributed by atoms with E-state index in [1.54, 1.807) is 43.2 Å². The first-order valence-electron chi connectivity index (χ1n) is 6.62. The molecule has 0 aliphatic rings. The predicted octanol–water partition coefficient (Wildman–Crippen LogP) is 2.44. The van der Waals surface area contributed by atoms with E-state index in [1.165, 1.54) is 0 Å². The number of benzene rings is 1. The molecule has 0 spiro atoms. The van der Waals surface area contributed by atoms with E-state index in [0.29, 0.717) is 30.2 Å². The molecule has 2 amide bonds. The van der Waals surface area contributed by atoms with Crippen molar-refractivity contribution in [3.63, 3.8) is 0 Å². The number of hydrogen-bond donors (Lipinski definition) is 1. The summed E-state index contributed by atoms with van der Waals surface area (Å²) >= 11 is 0. The molecule has 0 saturated carbocycles. The highest BCUT2D eigenvalue weighted by molar-refractivity contribution is 5.89. The van der Waals surface area contributed by atoms with Gasteiger partial charge in [-0.2, -0.15) is 0 Å². The number of urea groups is 1. The van der Waals surface area contributed by atoms with Crippen LogP contribution in [0.5, 0.6) is 5.75 Å². The summed E-state index contributed by atoms with van der Waals surface area (Å²) in [5.41, 5.74) is 2.04. The molecule has 112 valence electrons. The third kappa shape index (κ3) is 3.71. The van der Waals surface area contributed by atoms with Crippen LogP contribution in [0.4, 0.5) is 10.5 Å². The molecule has 0 aliphatic heterocycles. The number of rotatable bonds is 5. The normalized spacial score (nSPS) is 10.2. The molecule has 1 aromatic heterocycles. The highest BCUT2D eigenvalue weighted by atomic mass is 16.6. The second-order valence-corrected chi connectivity index (χ2v) is 4.47. The first kappa shape index (κ1) is 14.8. The van der Waals surface area contributed by atoms with E-state index in [9.17, 15) is 4.79 Å². The maximum Gasteiger partial charge on any atom is 0.322 e. The van der Waals surface area contributed by atoms with Gasteiger partial charge in [-0.05, 0) is 38.1 Å². The Bertz CT molecular complexity index is 595. The van der Waals surface area contributed by atoms with E-state index in [-0.39, 0.29) is 6.03 Å². The molecule has 1 heterocycles. The number of ether oxygens (including phenoxy) is 1. The molecule has 0 fully saturated rings. The highest BCUT2D eigenvalue weighted by Gasteiger charge is 2.16. The Morgan fingerprint density at radius 3 is 2.57 bits per heavy atom. The zero-order valence-electron chi connectivity index (χ0n) is 12.3. The number of carbonyl (C=O) groups is 1. The second-order valence-electron chi connectivity index (χ2n) is 4.47. The summed E-state index contributed by atoms with van der Waals surface area (Å²) in [6.45, 7) is 4.60. The average Bonchev–Trinajstić information content (AvgIpc) is 2.90. The van der Waals surface area contributed by atoms with Gasteiger partial charge in [0.2, 0.25) is 0 Å². The molecule has 2 rings (SSSR count). The lowest BCUT2D eigenvalue weighted by Gasteiger charge is -2.20. The van der Waals surface area contributed by atoms with E-state index in [0.717, 1.165) is 5.75 Å². The molecule has 0 aliphatic carbocycles. The number of carbonyl (C=O) groups excluding carboxylic acids is 1. The van der Waals surface area contributed by atoms with E-state index in [1.807, 2.05) is 6.92 Å². The summed E-state index contributed by atoms with van der Waals surface area (Å²) in [5.74, 6) is 0.740. The Morgan fingerprint density at radius 2 is 2.05 bits per heavy atom. The molecule has 7 nitrogen and oxygen atoms in total. The van der Waals surface area contributed by atoms with Crippen molar-refractivity contribution >= 4 is 11.7 Å². The topological polar surface area (TPSA) is 80.5 Å². The zero-order valence-corrected chi connectivity index (χ0v) is 12.3. The third-order valence-corrected chi connectivity index (χ3v) is 3.10. The quantitative estimate of drug-likeness (QED) is 0.914. The number of nitrogens with one attached hydrogen (secondary N) is 1. The van der Waals surface area contributed by atoms with Crippen LogP contribution in [0.25, 0.3) is 0 Å². The van der Waals surface area contributed by atoms with Crippen molar-refractivity contribution in [1.82, 2.24) is 15.2 Å². The van der Waals surface area contributed by atoms with Gasteiger partial charge in [0.25, 0.3) is 0 Å². The molecule has 0 bridgehead atoms. The minimum atomic E-state index is -0.204. The Labute approximate surface area is 122 Å². The first-order valence-corrected chi connectivity index (χ1v) is 6.62. The largest absolute Gasteiger partial charge is 0.497 e. The summed E-state index contributed by atoms with van der Waals surface area (Å²) in [5, 5.41) is 10.3. The van der Waals surface area contributed by atoms with Gasteiger partial charge in [0, 0.05) is 12.2 Å². The number of hydrogen-bond acceptors (Lipinski definition) is 5. The molecule has 0 saturated heterocycles. The minimum absolute atomic E-state index is 0.204. The van der Waals surface area contributed by atoms with E-state index >= 15 is 0 Å². The van der Waals surface area contributed by atoms with Crippen LogP contribution in [-0.4, -0.2) is 34.9 Å². The first-order chi connectivity index (χ1) is 10.1. The summed E-state index contributed by atoms with van der Waals surface area (Å²) < 4.78 is 9.72. The molecule has 0 radical (unpaired) electrons. The van der Waals surface area contributed by atoms with Crippen LogP contribution in [0, 0.1) is 6.92 Å². The van der Waals surface area contributed by atoms with Crippen molar-refractivity contribution in [3.8, 4) is 5.75 Å². The average molecular weight is 290 g/mol. The lowest BCUT2D eigenvalue weighted by atomic mass is 10.3. The van der Waals surface area contributed by atoms with E-state index in [4.69, 9.17) is 4.74 Å². The Morgan fingerprint density at radius 1 is 1.33 bits per heavy atom. The van der Waals surface area contributed by atoms with Gasteiger partial charge in [0.05, 0.1) is 13.7 Å².